The Bertz CT molecular complexity index is 715. The molecule has 0 saturated carbocycles. The van der Waals surface area contributed by atoms with Crippen LogP contribution >= 0.6 is 0 Å². The van der Waals surface area contributed by atoms with E-state index >= 15 is 0 Å². The third kappa shape index (κ3) is 4.55. The Morgan fingerprint density at radius 3 is 2.50 bits per heavy atom. The molecule has 0 saturated heterocycles. The van der Waals surface area contributed by atoms with Gasteiger partial charge in [-0.3, -0.25) is 14.6 Å². The monoisotopic (exact) mass is 327 g/mol. The Kier molecular flexibility index (Phi) is 5.89. The van der Waals surface area contributed by atoms with Crippen LogP contribution in [-0.2, 0) is 11.3 Å². The Morgan fingerprint density at radius 2 is 1.88 bits per heavy atom. The fraction of sp³-hybridized carbons (Fsp3) is 0.278. The second kappa shape index (κ2) is 8.10. The first-order chi connectivity index (χ1) is 11.5. The number of amides is 2. The van der Waals surface area contributed by atoms with Crippen molar-refractivity contribution in [2.75, 3.05) is 12.4 Å². The van der Waals surface area contributed by atoms with Gasteiger partial charge in [0, 0.05) is 30.4 Å². The molecule has 0 aliphatic rings. The van der Waals surface area contributed by atoms with Crippen LogP contribution in [0.4, 0.5) is 5.69 Å². The lowest BCUT2D eigenvalue weighted by molar-refractivity contribution is -0.118. The first kappa shape index (κ1) is 17.5. The topological polar surface area (TPSA) is 80.3 Å². The molecule has 126 valence electrons. The summed E-state index contributed by atoms with van der Waals surface area (Å²) in [5, 5.41) is 5.61. The number of carbonyl (C=O) groups is 2. The van der Waals surface area contributed by atoms with Crippen molar-refractivity contribution in [2.45, 2.75) is 20.4 Å². The molecule has 0 aliphatic heterocycles. The zero-order chi connectivity index (χ0) is 17.5. The third-order valence-electron chi connectivity index (χ3n) is 3.45. The average Bonchev–Trinajstić information content (AvgIpc) is 2.60. The average molecular weight is 327 g/mol. The smallest absolute Gasteiger partial charge is 0.251 e. The summed E-state index contributed by atoms with van der Waals surface area (Å²) in [5.74, 6) is -0.0225. The lowest BCUT2D eigenvalue weighted by Gasteiger charge is -2.13. The van der Waals surface area contributed by atoms with Gasteiger partial charge in [-0.05, 0) is 35.9 Å². The van der Waals surface area contributed by atoms with Crippen LogP contribution in [0, 0.1) is 5.92 Å². The molecular weight excluding hydrogens is 306 g/mol. The fourth-order valence-electron chi connectivity index (χ4n) is 2.01. The summed E-state index contributed by atoms with van der Waals surface area (Å²) >= 11 is 0. The van der Waals surface area contributed by atoms with E-state index in [1.54, 1.807) is 44.4 Å². The molecule has 2 N–H and O–H groups in total. The van der Waals surface area contributed by atoms with Crippen molar-refractivity contribution in [1.29, 1.82) is 0 Å². The maximum absolute atomic E-state index is 12.3. The Labute approximate surface area is 141 Å². The lowest BCUT2D eigenvalue weighted by atomic mass is 10.1. The van der Waals surface area contributed by atoms with Gasteiger partial charge in [0.25, 0.3) is 5.91 Å². The number of anilines is 1. The number of hydrogen-bond donors (Lipinski definition) is 2. The second-order valence-corrected chi connectivity index (χ2v) is 5.60. The number of aromatic nitrogens is 1. The van der Waals surface area contributed by atoms with E-state index in [4.69, 9.17) is 4.74 Å². The molecule has 6 heteroatoms. The van der Waals surface area contributed by atoms with Crippen LogP contribution in [0.5, 0.6) is 5.75 Å². The highest BCUT2D eigenvalue weighted by molar-refractivity contribution is 5.98. The molecule has 0 spiro atoms. The number of rotatable bonds is 6. The standard InChI is InChI=1S/C18H21N3O3/c1-12(2)17(22)21-15-10-14(4-5-16(15)24-3)18(23)20-11-13-6-8-19-9-7-13/h4-10,12H,11H2,1-3H3,(H,20,23)(H,21,22). The number of ether oxygens (including phenoxy) is 1. The van der Waals surface area contributed by atoms with Gasteiger partial charge in [-0.2, -0.15) is 0 Å². The molecular formula is C18H21N3O3. The molecule has 0 fully saturated rings. The van der Waals surface area contributed by atoms with E-state index in [-0.39, 0.29) is 17.7 Å². The van der Waals surface area contributed by atoms with Gasteiger partial charge in [0.2, 0.25) is 5.91 Å². The van der Waals surface area contributed by atoms with Gasteiger partial charge in [0.15, 0.2) is 0 Å². The summed E-state index contributed by atoms with van der Waals surface area (Å²) in [7, 11) is 1.52. The summed E-state index contributed by atoms with van der Waals surface area (Å²) in [6, 6.07) is 8.61. The summed E-state index contributed by atoms with van der Waals surface area (Å²) in [5.41, 5.74) is 1.89. The van der Waals surface area contributed by atoms with E-state index < -0.39 is 0 Å². The van der Waals surface area contributed by atoms with E-state index in [1.807, 2.05) is 12.1 Å². The molecule has 2 rings (SSSR count). The van der Waals surface area contributed by atoms with Crippen LogP contribution in [0.25, 0.3) is 0 Å². The summed E-state index contributed by atoms with van der Waals surface area (Å²) in [4.78, 5) is 28.1. The van der Waals surface area contributed by atoms with Crippen molar-refractivity contribution in [2.24, 2.45) is 5.92 Å². The van der Waals surface area contributed by atoms with Gasteiger partial charge in [-0.1, -0.05) is 13.8 Å². The second-order valence-electron chi connectivity index (χ2n) is 5.60. The number of carbonyl (C=O) groups excluding carboxylic acids is 2. The molecule has 1 aromatic heterocycles. The van der Waals surface area contributed by atoms with Crippen LogP contribution in [0.15, 0.2) is 42.7 Å². The number of methoxy groups -OCH3 is 1. The normalized spacial score (nSPS) is 10.3. The van der Waals surface area contributed by atoms with Gasteiger partial charge < -0.3 is 15.4 Å². The molecule has 2 amide bonds. The van der Waals surface area contributed by atoms with Crippen molar-refractivity contribution in [3.05, 3.63) is 53.9 Å². The van der Waals surface area contributed by atoms with Gasteiger partial charge in [-0.25, -0.2) is 0 Å². The molecule has 0 atom stereocenters. The van der Waals surface area contributed by atoms with Crippen molar-refractivity contribution < 1.29 is 14.3 Å². The van der Waals surface area contributed by atoms with E-state index in [1.165, 1.54) is 7.11 Å². The molecule has 0 radical (unpaired) electrons. The summed E-state index contributed by atoms with van der Waals surface area (Å²) < 4.78 is 5.24. The molecule has 6 nitrogen and oxygen atoms in total. The van der Waals surface area contributed by atoms with Crippen LogP contribution in [0.2, 0.25) is 0 Å². The molecule has 0 aliphatic carbocycles. The molecule has 2 aromatic rings. The maximum Gasteiger partial charge on any atom is 0.251 e. The first-order valence-electron chi connectivity index (χ1n) is 7.67. The molecule has 0 bridgehead atoms. The minimum atomic E-state index is -0.227. The SMILES string of the molecule is COc1ccc(C(=O)NCc2ccncc2)cc1NC(=O)C(C)C. The van der Waals surface area contributed by atoms with Crippen LogP contribution < -0.4 is 15.4 Å². The molecule has 24 heavy (non-hydrogen) atoms. The Balaban J connectivity index is 2.12. The van der Waals surface area contributed by atoms with Crippen LogP contribution in [0.3, 0.4) is 0 Å². The van der Waals surface area contributed by atoms with Crippen LogP contribution in [-0.4, -0.2) is 23.9 Å². The van der Waals surface area contributed by atoms with Crippen molar-refractivity contribution in [3.8, 4) is 5.75 Å². The highest BCUT2D eigenvalue weighted by atomic mass is 16.5. The maximum atomic E-state index is 12.3. The van der Waals surface area contributed by atoms with Gasteiger partial charge >= 0.3 is 0 Å². The summed E-state index contributed by atoms with van der Waals surface area (Å²) in [6.07, 6.45) is 3.35. The Hall–Kier alpha value is -2.89. The zero-order valence-electron chi connectivity index (χ0n) is 14.0. The largest absolute Gasteiger partial charge is 0.495 e. The highest BCUT2D eigenvalue weighted by Gasteiger charge is 2.14. The van der Waals surface area contributed by atoms with Crippen molar-refractivity contribution in [1.82, 2.24) is 10.3 Å². The quantitative estimate of drug-likeness (QED) is 0.854. The van der Waals surface area contributed by atoms with Gasteiger partial charge in [-0.15, -0.1) is 0 Å². The van der Waals surface area contributed by atoms with Crippen LogP contribution in [0.1, 0.15) is 29.8 Å². The zero-order valence-corrected chi connectivity index (χ0v) is 14.0. The number of nitrogens with zero attached hydrogens (tertiary/aromatic N) is 1. The van der Waals surface area contributed by atoms with Gasteiger partial charge in [0.1, 0.15) is 5.75 Å². The number of pyridine rings is 1. The fourth-order valence-corrected chi connectivity index (χ4v) is 2.01. The summed E-state index contributed by atoms with van der Waals surface area (Å²) in [6.45, 7) is 4.00. The van der Waals surface area contributed by atoms with E-state index in [2.05, 4.69) is 15.6 Å². The molecule has 1 aromatic carbocycles. The van der Waals surface area contributed by atoms with E-state index in [0.29, 0.717) is 23.5 Å². The van der Waals surface area contributed by atoms with E-state index in [0.717, 1.165) is 5.56 Å². The first-order valence-corrected chi connectivity index (χ1v) is 7.67. The predicted octanol–water partition coefficient (Wildman–Crippen LogP) is 2.61. The molecule has 1 heterocycles. The number of benzene rings is 1. The van der Waals surface area contributed by atoms with Crippen molar-refractivity contribution in [3.63, 3.8) is 0 Å². The number of nitrogens with one attached hydrogen (secondary N) is 2. The predicted molar refractivity (Wildman–Crippen MR) is 91.9 cm³/mol. The highest BCUT2D eigenvalue weighted by Crippen LogP contribution is 2.26. The van der Waals surface area contributed by atoms with Crippen molar-refractivity contribution >= 4 is 17.5 Å². The minimum absolute atomic E-state index is 0.136. The third-order valence-corrected chi connectivity index (χ3v) is 3.45. The van der Waals surface area contributed by atoms with E-state index in [9.17, 15) is 9.59 Å². The van der Waals surface area contributed by atoms with Gasteiger partial charge in [0.05, 0.1) is 12.8 Å². The Morgan fingerprint density at radius 1 is 1.17 bits per heavy atom. The minimum Gasteiger partial charge on any atom is -0.495 e. The number of hydrogen-bond acceptors (Lipinski definition) is 4. The lowest BCUT2D eigenvalue weighted by Crippen LogP contribution is -2.23. The molecule has 0 unspecified atom stereocenters.